The first-order valence-corrected chi connectivity index (χ1v) is 3.14. The molecule has 2 atom stereocenters. The van der Waals surface area contributed by atoms with Crippen LogP contribution >= 0.6 is 0 Å². The summed E-state index contributed by atoms with van der Waals surface area (Å²) in [7, 11) is 1.54. The fourth-order valence-corrected chi connectivity index (χ4v) is 0.757. The summed E-state index contributed by atoms with van der Waals surface area (Å²) >= 11 is 0. The molecule has 0 saturated heterocycles. The van der Waals surface area contributed by atoms with Gasteiger partial charge >= 0.3 is 0 Å². The van der Waals surface area contributed by atoms with Crippen LogP contribution in [0, 0.1) is 0 Å². The van der Waals surface area contributed by atoms with E-state index < -0.39 is 0 Å². The van der Waals surface area contributed by atoms with E-state index in [2.05, 4.69) is 0 Å². The normalized spacial score (nSPS) is 32.8. The summed E-state index contributed by atoms with van der Waals surface area (Å²) in [5, 5.41) is 0. The van der Waals surface area contributed by atoms with Crippen LogP contribution in [0.25, 0.3) is 0 Å². The highest BCUT2D eigenvalue weighted by atomic mass is 16.7. The Bertz CT molecular complexity index is 162. The van der Waals surface area contributed by atoms with Crippen molar-refractivity contribution >= 4 is 5.78 Å². The average molecular weight is 142 g/mol. The maximum Gasteiger partial charge on any atom is 0.184 e. The maximum atomic E-state index is 10.8. The average Bonchev–Trinajstić information content (AvgIpc) is 1.95. The quantitative estimate of drug-likeness (QED) is 0.535. The minimum Gasteiger partial charge on any atom is -0.352 e. The van der Waals surface area contributed by atoms with Gasteiger partial charge in [0.2, 0.25) is 0 Å². The van der Waals surface area contributed by atoms with Gasteiger partial charge < -0.3 is 9.47 Å². The van der Waals surface area contributed by atoms with Crippen LogP contribution in [0.4, 0.5) is 0 Å². The largest absolute Gasteiger partial charge is 0.352 e. The fourth-order valence-electron chi connectivity index (χ4n) is 0.757. The number of ether oxygens (including phenoxy) is 2. The second-order valence-electron chi connectivity index (χ2n) is 2.14. The summed E-state index contributed by atoms with van der Waals surface area (Å²) in [6.07, 6.45) is 2.37. The predicted octanol–water partition coefficient (Wildman–Crippen LogP) is 0.503. The molecular weight excluding hydrogens is 132 g/mol. The fraction of sp³-hybridized carbons (Fsp3) is 0.571. The lowest BCUT2D eigenvalue weighted by molar-refractivity contribution is -0.151. The van der Waals surface area contributed by atoms with Gasteiger partial charge in [-0.2, -0.15) is 0 Å². The molecule has 0 aromatic heterocycles. The van der Waals surface area contributed by atoms with E-state index >= 15 is 0 Å². The van der Waals surface area contributed by atoms with E-state index in [1.807, 2.05) is 0 Å². The summed E-state index contributed by atoms with van der Waals surface area (Å²) in [5.74, 6) is -0.00620. The molecule has 1 aliphatic rings. The van der Waals surface area contributed by atoms with Gasteiger partial charge in [-0.15, -0.1) is 0 Å². The maximum absolute atomic E-state index is 10.8. The van der Waals surface area contributed by atoms with Gasteiger partial charge in [0.1, 0.15) is 6.10 Å². The molecule has 0 radical (unpaired) electrons. The van der Waals surface area contributed by atoms with Crippen molar-refractivity contribution in [1.29, 1.82) is 0 Å². The van der Waals surface area contributed by atoms with Crippen LogP contribution in [0.1, 0.15) is 6.92 Å². The van der Waals surface area contributed by atoms with Crippen molar-refractivity contribution in [3.8, 4) is 0 Å². The smallest absolute Gasteiger partial charge is 0.184 e. The lowest BCUT2D eigenvalue weighted by Crippen LogP contribution is -2.29. The molecule has 56 valence electrons. The SMILES string of the molecule is CO[C@H]1C=CC(=O)C(C)O1. The summed E-state index contributed by atoms with van der Waals surface area (Å²) in [6.45, 7) is 1.71. The lowest BCUT2D eigenvalue weighted by Gasteiger charge is -2.20. The van der Waals surface area contributed by atoms with E-state index in [1.54, 1.807) is 13.0 Å². The third kappa shape index (κ3) is 1.43. The zero-order valence-corrected chi connectivity index (χ0v) is 6.03. The standard InChI is InChI=1S/C7H10O3/c1-5-6(8)3-4-7(9-2)10-5/h3-5,7H,1-2H3/t5?,7-/m1/s1. The van der Waals surface area contributed by atoms with Gasteiger partial charge in [0.25, 0.3) is 0 Å². The molecule has 3 nitrogen and oxygen atoms in total. The Kier molecular flexibility index (Phi) is 2.19. The molecule has 0 bridgehead atoms. The van der Waals surface area contributed by atoms with Crippen LogP contribution < -0.4 is 0 Å². The summed E-state index contributed by atoms with van der Waals surface area (Å²) in [4.78, 5) is 10.8. The number of hydrogen-bond acceptors (Lipinski definition) is 3. The van der Waals surface area contributed by atoms with Crippen molar-refractivity contribution in [2.45, 2.75) is 19.3 Å². The van der Waals surface area contributed by atoms with Crippen LogP contribution in [-0.4, -0.2) is 25.3 Å². The highest BCUT2D eigenvalue weighted by molar-refractivity contribution is 5.93. The molecule has 0 aliphatic carbocycles. The molecule has 0 saturated carbocycles. The molecule has 0 aromatic rings. The monoisotopic (exact) mass is 142 g/mol. The molecule has 1 aliphatic heterocycles. The van der Waals surface area contributed by atoms with Crippen molar-refractivity contribution in [3.05, 3.63) is 12.2 Å². The van der Waals surface area contributed by atoms with Gasteiger partial charge in [-0.25, -0.2) is 0 Å². The molecule has 0 aromatic carbocycles. The van der Waals surface area contributed by atoms with Crippen LogP contribution in [0.2, 0.25) is 0 Å². The van der Waals surface area contributed by atoms with Gasteiger partial charge in [0.15, 0.2) is 12.1 Å². The van der Waals surface area contributed by atoms with Crippen molar-refractivity contribution in [2.24, 2.45) is 0 Å². The Hall–Kier alpha value is -0.670. The van der Waals surface area contributed by atoms with Gasteiger partial charge in [-0.05, 0) is 19.1 Å². The zero-order valence-electron chi connectivity index (χ0n) is 6.03. The van der Waals surface area contributed by atoms with Crippen LogP contribution in [0.3, 0.4) is 0 Å². The van der Waals surface area contributed by atoms with Gasteiger partial charge in [0, 0.05) is 7.11 Å². The Labute approximate surface area is 59.6 Å². The van der Waals surface area contributed by atoms with Crippen molar-refractivity contribution in [3.63, 3.8) is 0 Å². The molecule has 0 fully saturated rings. The molecule has 0 spiro atoms. The van der Waals surface area contributed by atoms with Crippen molar-refractivity contribution in [2.75, 3.05) is 7.11 Å². The van der Waals surface area contributed by atoms with E-state index in [0.717, 1.165) is 0 Å². The second kappa shape index (κ2) is 2.94. The van der Waals surface area contributed by atoms with E-state index in [0.29, 0.717) is 0 Å². The number of rotatable bonds is 1. The Morgan fingerprint density at radius 3 is 2.90 bits per heavy atom. The Balaban J connectivity index is 2.59. The van der Waals surface area contributed by atoms with E-state index in [-0.39, 0.29) is 18.2 Å². The van der Waals surface area contributed by atoms with Gasteiger partial charge in [-0.3, -0.25) is 4.79 Å². The first kappa shape index (κ1) is 7.44. The molecule has 1 heterocycles. The Morgan fingerprint density at radius 2 is 2.40 bits per heavy atom. The van der Waals surface area contributed by atoms with E-state index in [1.165, 1.54) is 13.2 Å². The van der Waals surface area contributed by atoms with Crippen LogP contribution in [0.5, 0.6) is 0 Å². The molecule has 1 rings (SSSR count). The first-order valence-electron chi connectivity index (χ1n) is 3.14. The summed E-state index contributed by atoms with van der Waals surface area (Å²) in [5.41, 5.74) is 0. The van der Waals surface area contributed by atoms with Crippen LogP contribution in [0.15, 0.2) is 12.2 Å². The molecule has 10 heavy (non-hydrogen) atoms. The highest BCUT2D eigenvalue weighted by Gasteiger charge is 2.19. The van der Waals surface area contributed by atoms with Gasteiger partial charge in [-0.1, -0.05) is 0 Å². The van der Waals surface area contributed by atoms with Gasteiger partial charge in [0.05, 0.1) is 0 Å². The third-order valence-corrected chi connectivity index (χ3v) is 1.39. The highest BCUT2D eigenvalue weighted by Crippen LogP contribution is 2.08. The van der Waals surface area contributed by atoms with Crippen LogP contribution in [-0.2, 0) is 14.3 Å². The minimum atomic E-state index is -0.366. The topological polar surface area (TPSA) is 35.5 Å². The number of methoxy groups -OCH3 is 1. The van der Waals surface area contributed by atoms with E-state index in [9.17, 15) is 4.79 Å². The zero-order chi connectivity index (χ0) is 7.56. The number of carbonyl (C=O) groups excluding carboxylic acids is 1. The Morgan fingerprint density at radius 1 is 1.70 bits per heavy atom. The number of ketones is 1. The third-order valence-electron chi connectivity index (χ3n) is 1.39. The second-order valence-corrected chi connectivity index (χ2v) is 2.14. The molecule has 3 heteroatoms. The molecular formula is C7H10O3. The van der Waals surface area contributed by atoms with Crippen molar-refractivity contribution < 1.29 is 14.3 Å². The van der Waals surface area contributed by atoms with E-state index in [4.69, 9.17) is 9.47 Å². The predicted molar refractivity (Wildman–Crippen MR) is 35.5 cm³/mol. The van der Waals surface area contributed by atoms with Crippen molar-refractivity contribution in [1.82, 2.24) is 0 Å². The molecule has 0 N–H and O–H groups in total. The number of carbonyl (C=O) groups is 1. The lowest BCUT2D eigenvalue weighted by atomic mass is 10.2. The minimum absolute atomic E-state index is 0.00620. The summed E-state index contributed by atoms with van der Waals surface area (Å²) in [6, 6.07) is 0. The number of hydrogen-bond donors (Lipinski definition) is 0. The summed E-state index contributed by atoms with van der Waals surface area (Å²) < 4.78 is 9.94. The first-order chi connectivity index (χ1) is 4.74. The molecule has 1 unspecified atom stereocenters. The molecule has 0 amide bonds.